The van der Waals surface area contributed by atoms with Gasteiger partial charge in [-0.25, -0.2) is 4.39 Å². The van der Waals surface area contributed by atoms with Gasteiger partial charge in [0.25, 0.3) is 0 Å². The lowest BCUT2D eigenvalue weighted by Gasteiger charge is -2.48. The fraction of sp³-hybridized carbons (Fsp3) is 0.588. The van der Waals surface area contributed by atoms with Gasteiger partial charge in [0.2, 0.25) is 0 Å². The molecule has 0 aromatic heterocycles. The molecule has 5 nitrogen and oxygen atoms in total. The number of carboxylic acids is 1. The minimum Gasteiger partial charge on any atom is -0.496 e. The fourth-order valence-electron chi connectivity index (χ4n) is 3.44. The van der Waals surface area contributed by atoms with Gasteiger partial charge in [0, 0.05) is 30.7 Å². The van der Waals surface area contributed by atoms with Crippen molar-refractivity contribution in [3.63, 3.8) is 0 Å². The van der Waals surface area contributed by atoms with Crippen LogP contribution in [0.2, 0.25) is 0 Å². The first kappa shape index (κ1) is 17.7. The molecule has 1 aliphatic heterocycles. The van der Waals surface area contributed by atoms with Crippen LogP contribution >= 0.6 is 0 Å². The Balaban J connectivity index is 2.37. The van der Waals surface area contributed by atoms with Gasteiger partial charge in [-0.2, -0.15) is 0 Å². The number of piperazine rings is 1. The maximum Gasteiger partial charge on any atom is 0.325 e. The Hall–Kier alpha value is -1.66. The highest BCUT2D eigenvalue weighted by Gasteiger charge is 2.39. The van der Waals surface area contributed by atoms with Crippen LogP contribution in [-0.2, 0) is 4.79 Å². The van der Waals surface area contributed by atoms with Crippen LogP contribution in [0.1, 0.15) is 32.4 Å². The van der Waals surface area contributed by atoms with Gasteiger partial charge < -0.3 is 9.84 Å². The number of hydrogen-bond donors (Lipinski definition) is 1. The van der Waals surface area contributed by atoms with Crippen LogP contribution in [0.3, 0.4) is 0 Å². The summed E-state index contributed by atoms with van der Waals surface area (Å²) in [7, 11) is 1.47. The number of methoxy groups -OCH3 is 1. The van der Waals surface area contributed by atoms with Crippen molar-refractivity contribution in [2.24, 2.45) is 0 Å². The van der Waals surface area contributed by atoms with Crippen molar-refractivity contribution in [2.75, 3.05) is 33.3 Å². The normalized spacial score (nSPS) is 20.2. The summed E-state index contributed by atoms with van der Waals surface area (Å²) in [6.45, 7) is 9.22. The predicted octanol–water partition coefficient (Wildman–Crippen LogP) is 2.38. The summed E-state index contributed by atoms with van der Waals surface area (Å²) in [5.41, 5.74) is 0.224. The van der Waals surface area contributed by atoms with E-state index >= 15 is 0 Å². The van der Waals surface area contributed by atoms with Crippen molar-refractivity contribution in [3.8, 4) is 5.75 Å². The lowest BCUT2D eigenvalue weighted by atomic mass is 9.95. The lowest BCUT2D eigenvalue weighted by molar-refractivity contribution is -0.145. The minimum atomic E-state index is -0.991. The van der Waals surface area contributed by atoms with Gasteiger partial charge in [0.05, 0.1) is 7.11 Å². The third-order valence-corrected chi connectivity index (χ3v) is 4.57. The molecular formula is C17H25FN2O3. The number of benzene rings is 1. The number of carboxylic acid groups (broad SMARTS) is 1. The molecule has 6 heteroatoms. The molecule has 1 heterocycles. The van der Waals surface area contributed by atoms with E-state index in [2.05, 4.69) is 25.7 Å². The summed E-state index contributed by atoms with van der Waals surface area (Å²) < 4.78 is 18.9. The third kappa shape index (κ3) is 3.64. The minimum absolute atomic E-state index is 0.138. The Morgan fingerprint density at radius 2 is 2.13 bits per heavy atom. The maximum atomic E-state index is 13.7. The molecule has 1 unspecified atom stereocenters. The van der Waals surface area contributed by atoms with Crippen molar-refractivity contribution in [1.29, 1.82) is 0 Å². The molecule has 1 aromatic rings. The van der Waals surface area contributed by atoms with E-state index in [9.17, 15) is 14.3 Å². The molecule has 0 radical (unpaired) electrons. The number of ether oxygens (including phenoxy) is 1. The number of halogens is 1. The summed E-state index contributed by atoms with van der Waals surface area (Å²) >= 11 is 0. The van der Waals surface area contributed by atoms with Crippen molar-refractivity contribution in [2.45, 2.75) is 32.4 Å². The smallest absolute Gasteiger partial charge is 0.325 e. The number of aliphatic carboxylic acids is 1. The van der Waals surface area contributed by atoms with Crippen LogP contribution < -0.4 is 4.74 Å². The second-order valence-electron chi connectivity index (χ2n) is 6.49. The van der Waals surface area contributed by atoms with E-state index in [-0.39, 0.29) is 5.54 Å². The Bertz CT molecular complexity index is 577. The molecule has 1 saturated heterocycles. The summed E-state index contributed by atoms with van der Waals surface area (Å²) in [4.78, 5) is 16.1. The molecule has 0 bridgehead atoms. The number of hydrogen-bond acceptors (Lipinski definition) is 4. The zero-order valence-corrected chi connectivity index (χ0v) is 14.2. The largest absolute Gasteiger partial charge is 0.496 e. The Labute approximate surface area is 136 Å². The van der Waals surface area contributed by atoms with Crippen LogP contribution in [0, 0.1) is 5.82 Å². The highest BCUT2D eigenvalue weighted by molar-refractivity contribution is 5.76. The lowest BCUT2D eigenvalue weighted by Crippen LogP contribution is -2.60. The van der Waals surface area contributed by atoms with Crippen LogP contribution in [-0.4, -0.2) is 59.7 Å². The SMILES string of the molecule is CCN1CCN(C(C(=O)O)c2cc(F)ccc2OC)CC1(C)C. The van der Waals surface area contributed by atoms with Crippen molar-refractivity contribution < 1.29 is 19.0 Å². The maximum absolute atomic E-state index is 13.7. The van der Waals surface area contributed by atoms with Crippen LogP contribution in [0.25, 0.3) is 0 Å². The predicted molar refractivity (Wildman–Crippen MR) is 86.2 cm³/mol. The van der Waals surface area contributed by atoms with Gasteiger partial charge >= 0.3 is 5.97 Å². The second-order valence-corrected chi connectivity index (χ2v) is 6.49. The van der Waals surface area contributed by atoms with E-state index in [4.69, 9.17) is 4.74 Å². The molecule has 1 aromatic carbocycles. The standard InChI is InChI=1S/C17H25FN2O3/c1-5-20-9-8-19(11-17(20,2)3)15(16(21)22)13-10-12(18)6-7-14(13)23-4/h6-7,10,15H,5,8-9,11H2,1-4H3,(H,21,22). The second kappa shape index (κ2) is 6.84. The molecule has 1 fully saturated rings. The van der Waals surface area contributed by atoms with E-state index in [0.717, 1.165) is 13.1 Å². The molecule has 2 rings (SSSR count). The Morgan fingerprint density at radius 1 is 1.43 bits per heavy atom. The van der Waals surface area contributed by atoms with E-state index in [1.165, 1.54) is 25.3 Å². The van der Waals surface area contributed by atoms with Gasteiger partial charge in [0.15, 0.2) is 0 Å². The average Bonchev–Trinajstić information content (AvgIpc) is 2.46. The molecule has 1 aliphatic rings. The topological polar surface area (TPSA) is 53.0 Å². The molecule has 1 N–H and O–H groups in total. The van der Waals surface area contributed by atoms with Crippen molar-refractivity contribution >= 4 is 5.97 Å². The summed E-state index contributed by atoms with van der Waals surface area (Å²) in [5.74, 6) is -1.05. The molecule has 0 aliphatic carbocycles. The highest BCUT2D eigenvalue weighted by atomic mass is 19.1. The van der Waals surface area contributed by atoms with E-state index < -0.39 is 17.8 Å². The number of rotatable bonds is 5. The summed E-state index contributed by atoms with van der Waals surface area (Å²) in [5, 5.41) is 9.75. The zero-order chi connectivity index (χ0) is 17.2. The fourth-order valence-corrected chi connectivity index (χ4v) is 3.44. The Kier molecular flexibility index (Phi) is 5.26. The molecule has 0 amide bonds. The van der Waals surface area contributed by atoms with Gasteiger partial charge in [-0.15, -0.1) is 0 Å². The van der Waals surface area contributed by atoms with Crippen LogP contribution in [0.5, 0.6) is 5.75 Å². The van der Waals surface area contributed by atoms with E-state index in [0.29, 0.717) is 24.4 Å². The van der Waals surface area contributed by atoms with Crippen LogP contribution in [0.4, 0.5) is 4.39 Å². The number of carbonyl (C=O) groups is 1. The Morgan fingerprint density at radius 3 is 2.65 bits per heavy atom. The van der Waals surface area contributed by atoms with Crippen LogP contribution in [0.15, 0.2) is 18.2 Å². The average molecular weight is 324 g/mol. The van der Waals surface area contributed by atoms with Gasteiger partial charge in [-0.1, -0.05) is 6.92 Å². The van der Waals surface area contributed by atoms with E-state index in [1.807, 2.05) is 4.90 Å². The highest BCUT2D eigenvalue weighted by Crippen LogP contribution is 2.33. The summed E-state index contributed by atoms with van der Waals surface area (Å²) in [6, 6.07) is 3.10. The quantitative estimate of drug-likeness (QED) is 0.901. The van der Waals surface area contributed by atoms with Gasteiger partial charge in [-0.05, 0) is 38.6 Å². The molecule has 128 valence electrons. The monoisotopic (exact) mass is 324 g/mol. The first-order chi connectivity index (χ1) is 10.8. The first-order valence-corrected chi connectivity index (χ1v) is 7.85. The van der Waals surface area contributed by atoms with Crippen molar-refractivity contribution in [3.05, 3.63) is 29.6 Å². The van der Waals surface area contributed by atoms with Crippen molar-refractivity contribution in [1.82, 2.24) is 9.80 Å². The van der Waals surface area contributed by atoms with Gasteiger partial charge in [-0.3, -0.25) is 14.6 Å². The number of nitrogens with zero attached hydrogens (tertiary/aromatic N) is 2. The molecule has 0 spiro atoms. The molecule has 1 atom stereocenters. The van der Waals surface area contributed by atoms with E-state index in [1.54, 1.807) is 0 Å². The number of likely N-dealkylation sites (N-methyl/N-ethyl adjacent to an activating group) is 1. The molecule has 0 saturated carbocycles. The molecule has 23 heavy (non-hydrogen) atoms. The first-order valence-electron chi connectivity index (χ1n) is 7.85. The molecular weight excluding hydrogens is 299 g/mol. The zero-order valence-electron chi connectivity index (χ0n) is 14.2. The third-order valence-electron chi connectivity index (χ3n) is 4.57. The van der Waals surface area contributed by atoms with Gasteiger partial charge in [0.1, 0.15) is 17.6 Å². The summed E-state index contributed by atoms with van der Waals surface area (Å²) in [6.07, 6.45) is 0.